The van der Waals surface area contributed by atoms with E-state index in [0.717, 1.165) is 22.2 Å². The fourth-order valence-corrected chi connectivity index (χ4v) is 2.02. The van der Waals surface area contributed by atoms with Crippen LogP contribution in [0.4, 0.5) is 11.4 Å². The number of nitrogens with two attached hydrogens (primary N) is 2. The van der Waals surface area contributed by atoms with E-state index in [1.807, 2.05) is 48.5 Å². The maximum absolute atomic E-state index is 5.99. The van der Waals surface area contributed by atoms with Crippen molar-refractivity contribution in [2.24, 2.45) is 0 Å². The van der Waals surface area contributed by atoms with Gasteiger partial charge < -0.3 is 11.5 Å². The van der Waals surface area contributed by atoms with Crippen LogP contribution < -0.4 is 11.5 Å². The number of benzene rings is 2. The molecular weight excluding hydrogens is 222 g/mol. The molecule has 0 aliphatic carbocycles. The summed E-state index contributed by atoms with van der Waals surface area (Å²) in [5, 5.41) is 1.11. The van der Waals surface area contributed by atoms with Crippen molar-refractivity contribution in [3.05, 3.63) is 54.6 Å². The highest BCUT2D eigenvalue weighted by Crippen LogP contribution is 2.29. The van der Waals surface area contributed by atoms with Gasteiger partial charge in [-0.15, -0.1) is 0 Å². The summed E-state index contributed by atoms with van der Waals surface area (Å²) >= 11 is 0. The molecule has 0 radical (unpaired) electrons. The van der Waals surface area contributed by atoms with Crippen LogP contribution in [0, 0.1) is 0 Å². The van der Waals surface area contributed by atoms with Crippen LogP contribution in [-0.2, 0) is 0 Å². The number of para-hydroxylation sites is 2. The van der Waals surface area contributed by atoms with E-state index in [0.29, 0.717) is 11.4 Å². The maximum Gasteiger partial charge on any atom is 0.0731 e. The third kappa shape index (κ3) is 1.66. The monoisotopic (exact) mass is 235 g/mol. The van der Waals surface area contributed by atoms with Crippen molar-refractivity contribution in [3.63, 3.8) is 0 Å². The van der Waals surface area contributed by atoms with Gasteiger partial charge in [-0.05, 0) is 18.2 Å². The van der Waals surface area contributed by atoms with Crippen LogP contribution in [0.1, 0.15) is 0 Å². The molecule has 0 fully saturated rings. The Morgan fingerprint density at radius 3 is 2.50 bits per heavy atom. The van der Waals surface area contributed by atoms with Crippen LogP contribution >= 0.6 is 0 Å². The highest BCUT2D eigenvalue weighted by Gasteiger charge is 2.06. The zero-order valence-corrected chi connectivity index (χ0v) is 9.80. The van der Waals surface area contributed by atoms with E-state index in [1.165, 1.54) is 0 Å². The van der Waals surface area contributed by atoms with E-state index in [-0.39, 0.29) is 0 Å². The Labute approximate surface area is 105 Å². The molecule has 0 aliphatic rings. The first kappa shape index (κ1) is 10.6. The van der Waals surface area contributed by atoms with Crippen molar-refractivity contribution in [2.75, 3.05) is 11.5 Å². The minimum Gasteiger partial charge on any atom is -0.397 e. The normalized spacial score (nSPS) is 10.7. The van der Waals surface area contributed by atoms with Crippen molar-refractivity contribution in [3.8, 4) is 11.3 Å². The second kappa shape index (κ2) is 4.04. The second-order valence-corrected chi connectivity index (χ2v) is 4.20. The van der Waals surface area contributed by atoms with Crippen LogP contribution in [0.2, 0.25) is 0 Å². The lowest BCUT2D eigenvalue weighted by Crippen LogP contribution is -1.97. The minimum atomic E-state index is 0.584. The number of pyridine rings is 1. The van der Waals surface area contributed by atoms with E-state index >= 15 is 0 Å². The predicted molar refractivity (Wildman–Crippen MR) is 76.0 cm³/mol. The number of nitrogens with zero attached hydrogens (tertiary/aromatic N) is 1. The van der Waals surface area contributed by atoms with Crippen LogP contribution in [0.25, 0.3) is 22.2 Å². The molecule has 0 unspecified atom stereocenters. The predicted octanol–water partition coefficient (Wildman–Crippen LogP) is 3.07. The summed E-state index contributed by atoms with van der Waals surface area (Å²) in [5.74, 6) is 0. The van der Waals surface area contributed by atoms with Crippen LogP contribution in [0.5, 0.6) is 0 Å². The van der Waals surface area contributed by atoms with Gasteiger partial charge in [-0.25, -0.2) is 4.98 Å². The SMILES string of the molecule is Nc1cccc(-c2ccc3ccccc3n2)c1N. The van der Waals surface area contributed by atoms with Crippen LogP contribution in [0.3, 0.4) is 0 Å². The van der Waals surface area contributed by atoms with Crippen molar-refractivity contribution in [1.29, 1.82) is 0 Å². The van der Waals surface area contributed by atoms with Gasteiger partial charge in [-0.2, -0.15) is 0 Å². The fraction of sp³-hybridized carbons (Fsp3) is 0. The molecule has 3 nitrogen and oxygen atoms in total. The molecule has 0 bridgehead atoms. The fourth-order valence-electron chi connectivity index (χ4n) is 2.02. The lowest BCUT2D eigenvalue weighted by Gasteiger charge is -2.08. The Morgan fingerprint density at radius 1 is 0.778 bits per heavy atom. The largest absolute Gasteiger partial charge is 0.397 e. The number of anilines is 2. The van der Waals surface area contributed by atoms with E-state index in [9.17, 15) is 0 Å². The van der Waals surface area contributed by atoms with Gasteiger partial charge in [-0.3, -0.25) is 0 Å². The molecule has 3 rings (SSSR count). The molecule has 88 valence electrons. The average Bonchev–Trinajstić information content (AvgIpc) is 2.41. The van der Waals surface area contributed by atoms with E-state index in [4.69, 9.17) is 11.5 Å². The van der Waals surface area contributed by atoms with E-state index in [1.54, 1.807) is 6.07 Å². The average molecular weight is 235 g/mol. The van der Waals surface area contributed by atoms with Gasteiger partial charge in [0.1, 0.15) is 0 Å². The molecule has 4 N–H and O–H groups in total. The van der Waals surface area contributed by atoms with Crippen molar-refractivity contribution in [1.82, 2.24) is 4.98 Å². The van der Waals surface area contributed by atoms with Gasteiger partial charge in [0, 0.05) is 10.9 Å². The third-order valence-corrected chi connectivity index (χ3v) is 3.01. The molecule has 3 aromatic rings. The zero-order chi connectivity index (χ0) is 12.5. The van der Waals surface area contributed by atoms with Crippen LogP contribution in [0.15, 0.2) is 54.6 Å². The Bertz CT molecular complexity index is 720. The summed E-state index contributed by atoms with van der Waals surface area (Å²) in [4.78, 5) is 4.61. The zero-order valence-electron chi connectivity index (χ0n) is 9.80. The number of hydrogen-bond donors (Lipinski definition) is 2. The first-order chi connectivity index (χ1) is 8.75. The van der Waals surface area contributed by atoms with Gasteiger partial charge in [0.15, 0.2) is 0 Å². The Kier molecular flexibility index (Phi) is 2.38. The molecule has 0 atom stereocenters. The molecular formula is C15H13N3. The van der Waals surface area contributed by atoms with Crippen molar-refractivity contribution >= 4 is 22.3 Å². The van der Waals surface area contributed by atoms with Gasteiger partial charge in [0.25, 0.3) is 0 Å². The first-order valence-corrected chi connectivity index (χ1v) is 5.76. The summed E-state index contributed by atoms with van der Waals surface area (Å²) < 4.78 is 0. The molecule has 0 aliphatic heterocycles. The minimum absolute atomic E-state index is 0.584. The summed E-state index contributed by atoms with van der Waals surface area (Å²) in [6.07, 6.45) is 0. The lowest BCUT2D eigenvalue weighted by atomic mass is 10.1. The highest BCUT2D eigenvalue weighted by atomic mass is 14.7. The molecule has 0 saturated carbocycles. The van der Waals surface area contributed by atoms with Crippen LogP contribution in [-0.4, -0.2) is 4.98 Å². The molecule has 1 aromatic heterocycles. The highest BCUT2D eigenvalue weighted by molar-refractivity contribution is 5.87. The Balaban J connectivity index is 2.22. The van der Waals surface area contributed by atoms with Crippen molar-refractivity contribution < 1.29 is 0 Å². The van der Waals surface area contributed by atoms with Gasteiger partial charge in [-0.1, -0.05) is 36.4 Å². The Morgan fingerprint density at radius 2 is 1.61 bits per heavy atom. The molecule has 18 heavy (non-hydrogen) atoms. The number of rotatable bonds is 1. The summed E-state index contributed by atoms with van der Waals surface area (Å²) in [6.45, 7) is 0. The van der Waals surface area contributed by atoms with E-state index in [2.05, 4.69) is 4.98 Å². The lowest BCUT2D eigenvalue weighted by molar-refractivity contribution is 1.40. The molecule has 0 saturated heterocycles. The van der Waals surface area contributed by atoms with Gasteiger partial charge >= 0.3 is 0 Å². The summed E-state index contributed by atoms with van der Waals surface area (Å²) in [7, 11) is 0. The molecule has 3 heteroatoms. The van der Waals surface area contributed by atoms with Gasteiger partial charge in [0.05, 0.1) is 22.6 Å². The quantitative estimate of drug-likeness (QED) is 0.637. The number of fused-ring (bicyclic) bond motifs is 1. The van der Waals surface area contributed by atoms with E-state index < -0.39 is 0 Å². The smallest absolute Gasteiger partial charge is 0.0731 e. The standard InChI is InChI=1S/C15H13N3/c16-12-6-3-5-11(15(12)17)14-9-8-10-4-1-2-7-13(10)18-14/h1-9H,16-17H2. The van der Waals surface area contributed by atoms with Gasteiger partial charge in [0.2, 0.25) is 0 Å². The molecule has 1 heterocycles. The van der Waals surface area contributed by atoms with Crippen molar-refractivity contribution in [2.45, 2.75) is 0 Å². The number of aromatic nitrogens is 1. The second-order valence-electron chi connectivity index (χ2n) is 4.20. The molecule has 0 spiro atoms. The topological polar surface area (TPSA) is 64.9 Å². The summed E-state index contributed by atoms with van der Waals surface area (Å²) in [6, 6.07) is 17.6. The third-order valence-electron chi connectivity index (χ3n) is 3.01. The number of hydrogen-bond acceptors (Lipinski definition) is 3. The number of nitrogen functional groups attached to an aromatic ring is 2. The molecule has 2 aromatic carbocycles. The summed E-state index contributed by atoms with van der Waals surface area (Å²) in [5.41, 5.74) is 15.7. The first-order valence-electron chi connectivity index (χ1n) is 5.76. The maximum atomic E-state index is 5.99. The Hall–Kier alpha value is -2.55. The molecule has 0 amide bonds.